The Balaban J connectivity index is 0.000000150. The lowest BCUT2D eigenvalue weighted by Gasteiger charge is -2.36. The van der Waals surface area contributed by atoms with Crippen molar-refractivity contribution < 1.29 is 28.5 Å². The molecule has 0 saturated carbocycles. The minimum atomic E-state index is -0.466. The van der Waals surface area contributed by atoms with Crippen molar-refractivity contribution in [3.63, 3.8) is 0 Å². The van der Waals surface area contributed by atoms with Crippen molar-refractivity contribution in [1.82, 2.24) is 15.1 Å². The molecule has 4 heterocycles. The quantitative estimate of drug-likeness (QED) is 0.109. The van der Waals surface area contributed by atoms with Crippen molar-refractivity contribution >= 4 is 22.8 Å². The summed E-state index contributed by atoms with van der Waals surface area (Å²) in [6.45, 7) is 1.03. The Hall–Kier alpha value is -6.17. The van der Waals surface area contributed by atoms with E-state index in [1.54, 1.807) is 36.4 Å². The van der Waals surface area contributed by atoms with Gasteiger partial charge in [0.05, 0.1) is 0 Å². The molecule has 4 fully saturated rings. The van der Waals surface area contributed by atoms with Gasteiger partial charge < -0.3 is 39.8 Å². The second kappa shape index (κ2) is 23.0. The Kier molecular flexibility index (Phi) is 16.3. The highest BCUT2D eigenvalue weighted by atomic mass is 35.5. The number of ether oxygens (including phenoxy) is 4. The number of amides is 1. The molecule has 6 aromatic carbocycles. The zero-order valence-corrected chi connectivity index (χ0v) is 39.1. The van der Waals surface area contributed by atoms with Crippen LogP contribution in [0, 0.1) is 0 Å². The topological polar surface area (TPSA) is 116 Å². The third-order valence-electron chi connectivity index (χ3n) is 13.4. The lowest BCUT2D eigenvalue weighted by atomic mass is 10.0. The number of rotatable bonds is 13. The molecule has 1 amide bonds. The maximum Gasteiger partial charge on any atom is 0.252 e. The molecule has 10 rings (SSSR count). The van der Waals surface area contributed by atoms with Gasteiger partial charge in [-0.3, -0.25) is 9.59 Å². The van der Waals surface area contributed by atoms with Crippen LogP contribution < -0.4 is 30.0 Å². The van der Waals surface area contributed by atoms with Gasteiger partial charge in [0.25, 0.3) is 11.1 Å². The lowest BCUT2D eigenvalue weighted by Crippen LogP contribution is -2.43. The summed E-state index contributed by atoms with van der Waals surface area (Å²) in [5, 5.41) is 2.54. The van der Waals surface area contributed by atoms with E-state index in [2.05, 4.69) is 35.3 Å². The van der Waals surface area contributed by atoms with E-state index in [1.807, 2.05) is 115 Å². The molecule has 6 aromatic rings. The first-order valence-corrected chi connectivity index (χ1v) is 23.8. The Morgan fingerprint density at radius 2 is 0.910 bits per heavy atom. The Morgan fingerprint density at radius 1 is 0.522 bits per heavy atom. The standard InChI is InChI=1S/C28H30N2O3.C15H22N2O.C13H9ClO2/c1-30-22-12-13-23(30)18-27(17-22)33-26-9-5-6-20(16-26)19-29-28(31)21-10-14-25(15-11-21)32-24-7-3-2-4-8-24;1-17-12-5-6-13(17)9-15(8-12)18-14-4-2-3-11(7-14)10-16;14-13(15)10-6-8-12(9-7-10)16-11-4-2-1-3-5-11/h2-11,14-16,22-23,27H,12-13,17-19H2,1H3,(H,29,31);2-4,7,12-13,15H,5-6,8-10,16H2,1H3;1-9H/t22-,23+,27?;12-,13+,15?;. The molecule has 4 saturated heterocycles. The van der Waals surface area contributed by atoms with Crippen LogP contribution >= 0.6 is 11.6 Å². The zero-order chi connectivity index (χ0) is 46.5. The molecule has 0 aliphatic carbocycles. The summed E-state index contributed by atoms with van der Waals surface area (Å²) < 4.78 is 23.8. The number of nitrogens with two attached hydrogens (primary N) is 1. The molecular weight excluding hydrogens is 860 g/mol. The fourth-order valence-corrected chi connectivity index (χ4v) is 9.76. The van der Waals surface area contributed by atoms with Crippen molar-refractivity contribution in [3.8, 4) is 34.5 Å². The van der Waals surface area contributed by atoms with Crippen molar-refractivity contribution in [3.05, 3.63) is 180 Å². The van der Waals surface area contributed by atoms with E-state index < -0.39 is 5.24 Å². The summed E-state index contributed by atoms with van der Waals surface area (Å²) in [6.07, 6.45) is 10.4. The number of hydrogen-bond acceptors (Lipinski definition) is 9. The Bertz CT molecular complexity index is 2480. The molecule has 67 heavy (non-hydrogen) atoms. The van der Waals surface area contributed by atoms with Gasteiger partial charge in [0, 0.05) is 48.4 Å². The molecule has 2 unspecified atom stereocenters. The predicted octanol–water partition coefficient (Wildman–Crippen LogP) is 11.4. The van der Waals surface area contributed by atoms with Crippen LogP contribution in [-0.4, -0.2) is 71.4 Å². The van der Waals surface area contributed by atoms with Gasteiger partial charge in [-0.05, 0) is 185 Å². The van der Waals surface area contributed by atoms with Crippen LogP contribution in [0.5, 0.6) is 34.5 Å². The van der Waals surface area contributed by atoms with Crippen molar-refractivity contribution in [2.24, 2.45) is 5.73 Å². The van der Waals surface area contributed by atoms with Gasteiger partial charge in [0.1, 0.15) is 46.7 Å². The predicted molar refractivity (Wildman–Crippen MR) is 264 cm³/mol. The number of fused-ring (bicyclic) bond motifs is 4. The van der Waals surface area contributed by atoms with Crippen LogP contribution in [-0.2, 0) is 13.1 Å². The molecule has 6 atom stereocenters. The van der Waals surface area contributed by atoms with E-state index in [4.69, 9.17) is 36.3 Å². The molecule has 0 aromatic heterocycles. The van der Waals surface area contributed by atoms with Crippen LogP contribution in [0.1, 0.15) is 83.2 Å². The highest BCUT2D eigenvalue weighted by molar-refractivity contribution is 6.67. The van der Waals surface area contributed by atoms with Gasteiger partial charge in [-0.2, -0.15) is 0 Å². The molecule has 4 aliphatic rings. The van der Waals surface area contributed by atoms with E-state index in [9.17, 15) is 9.59 Å². The molecule has 10 nitrogen and oxygen atoms in total. The number of nitrogens with one attached hydrogen (secondary N) is 1. The second-order valence-electron chi connectivity index (χ2n) is 17.9. The summed E-state index contributed by atoms with van der Waals surface area (Å²) in [4.78, 5) is 28.5. The van der Waals surface area contributed by atoms with E-state index in [0.29, 0.717) is 53.9 Å². The number of halogens is 1. The second-order valence-corrected chi connectivity index (χ2v) is 18.2. The van der Waals surface area contributed by atoms with E-state index in [-0.39, 0.29) is 12.0 Å². The number of piperidine rings is 2. The maximum atomic E-state index is 12.6. The van der Waals surface area contributed by atoms with Crippen molar-refractivity contribution in [2.75, 3.05) is 14.1 Å². The van der Waals surface area contributed by atoms with Gasteiger partial charge in [0.2, 0.25) is 0 Å². The molecule has 11 heteroatoms. The van der Waals surface area contributed by atoms with Gasteiger partial charge in [-0.1, -0.05) is 60.7 Å². The summed E-state index contributed by atoms with van der Waals surface area (Å²) >= 11 is 5.34. The minimum absolute atomic E-state index is 0.112. The first-order valence-electron chi connectivity index (χ1n) is 23.4. The van der Waals surface area contributed by atoms with Gasteiger partial charge in [-0.25, -0.2) is 0 Å². The summed E-state index contributed by atoms with van der Waals surface area (Å²) in [5.74, 6) is 4.65. The molecular formula is C56H61ClN4O6. The summed E-state index contributed by atoms with van der Waals surface area (Å²) in [7, 11) is 4.50. The fraction of sp³-hybridized carbons (Fsp3) is 0.321. The smallest absolute Gasteiger partial charge is 0.252 e. The molecule has 0 spiro atoms. The largest absolute Gasteiger partial charge is 0.490 e. The molecule has 348 valence electrons. The molecule has 4 bridgehead atoms. The Labute approximate surface area is 399 Å². The van der Waals surface area contributed by atoms with E-state index >= 15 is 0 Å². The normalized spacial score (nSPS) is 21.7. The van der Waals surface area contributed by atoms with Crippen molar-refractivity contribution in [2.45, 2.75) is 101 Å². The third-order valence-corrected chi connectivity index (χ3v) is 13.6. The average Bonchev–Trinajstić information content (AvgIpc) is 3.66. The third kappa shape index (κ3) is 13.3. The SMILES string of the molecule is CN1[C@@H]2CC[C@H]1CC(Oc1cccc(CN)c1)C2.CN1[C@@H]2CC[C@H]1CC(Oc1cccc(CNC(=O)c3ccc(Oc4ccccc4)cc3)c1)C2.O=C(Cl)c1ccc(Oc2ccccc2)cc1. The average molecular weight is 922 g/mol. The Morgan fingerprint density at radius 3 is 1.34 bits per heavy atom. The maximum absolute atomic E-state index is 12.6. The van der Waals surface area contributed by atoms with Crippen LogP contribution in [0.25, 0.3) is 0 Å². The zero-order valence-electron chi connectivity index (χ0n) is 38.3. The number of para-hydroxylation sites is 2. The summed E-state index contributed by atoms with van der Waals surface area (Å²) in [5.41, 5.74) is 8.89. The first-order chi connectivity index (χ1) is 32.6. The van der Waals surface area contributed by atoms with Gasteiger partial charge >= 0.3 is 0 Å². The van der Waals surface area contributed by atoms with E-state index in [1.165, 1.54) is 38.5 Å². The number of hydrogen-bond donors (Lipinski definition) is 2. The highest BCUT2D eigenvalue weighted by Crippen LogP contribution is 2.37. The van der Waals surface area contributed by atoms with Crippen LogP contribution in [0.4, 0.5) is 0 Å². The summed E-state index contributed by atoms with van der Waals surface area (Å²) in [6, 6.07) is 51.9. The van der Waals surface area contributed by atoms with Gasteiger partial charge in [0.15, 0.2) is 0 Å². The number of nitrogens with zero attached hydrogens (tertiary/aromatic N) is 2. The van der Waals surface area contributed by atoms with Crippen LogP contribution in [0.3, 0.4) is 0 Å². The molecule has 4 aliphatic heterocycles. The number of benzene rings is 6. The molecule has 0 radical (unpaired) electrons. The number of carbonyl (C=O) groups is 2. The highest BCUT2D eigenvalue weighted by Gasteiger charge is 2.40. The monoisotopic (exact) mass is 920 g/mol. The lowest BCUT2D eigenvalue weighted by molar-refractivity contribution is 0.0659. The van der Waals surface area contributed by atoms with Crippen molar-refractivity contribution in [1.29, 1.82) is 0 Å². The van der Waals surface area contributed by atoms with E-state index in [0.717, 1.165) is 59.1 Å². The molecule has 3 N–H and O–H groups in total. The van der Waals surface area contributed by atoms with Crippen LogP contribution in [0.15, 0.2) is 158 Å². The first kappa shape index (κ1) is 47.3. The number of carbonyl (C=O) groups excluding carboxylic acids is 2. The fourth-order valence-electron chi connectivity index (χ4n) is 9.64. The minimum Gasteiger partial charge on any atom is -0.490 e. The van der Waals surface area contributed by atoms with Crippen LogP contribution in [0.2, 0.25) is 0 Å². The van der Waals surface area contributed by atoms with Gasteiger partial charge in [-0.15, -0.1) is 0 Å².